The Morgan fingerprint density at radius 2 is 2.00 bits per heavy atom. The van der Waals surface area contributed by atoms with Crippen LogP contribution in [0.4, 0.5) is 0 Å². The Kier molecular flexibility index (Phi) is 5.64. The van der Waals surface area contributed by atoms with Crippen LogP contribution in [0, 0.1) is 0 Å². The summed E-state index contributed by atoms with van der Waals surface area (Å²) in [6.07, 6.45) is 2.67. The summed E-state index contributed by atoms with van der Waals surface area (Å²) in [7, 11) is 0. The molecule has 2 rings (SSSR count). The SMILES string of the molecule is Clc1ccc(CCNCc2ccc(Br)cn2)c(Cl)c1. The summed E-state index contributed by atoms with van der Waals surface area (Å²) in [6.45, 7) is 1.59. The van der Waals surface area contributed by atoms with Gasteiger partial charge in [-0.1, -0.05) is 29.3 Å². The van der Waals surface area contributed by atoms with Crippen molar-refractivity contribution in [1.29, 1.82) is 0 Å². The van der Waals surface area contributed by atoms with Crippen molar-refractivity contribution in [2.75, 3.05) is 6.54 Å². The first-order chi connectivity index (χ1) is 9.15. The number of rotatable bonds is 5. The normalized spacial score (nSPS) is 10.7. The molecule has 1 N–H and O–H groups in total. The van der Waals surface area contributed by atoms with Crippen LogP contribution in [0.5, 0.6) is 0 Å². The van der Waals surface area contributed by atoms with Gasteiger partial charge >= 0.3 is 0 Å². The summed E-state index contributed by atoms with van der Waals surface area (Å²) >= 11 is 15.3. The van der Waals surface area contributed by atoms with Gasteiger partial charge in [-0.15, -0.1) is 0 Å². The van der Waals surface area contributed by atoms with E-state index in [1.807, 2.05) is 24.3 Å². The van der Waals surface area contributed by atoms with Crippen LogP contribution in [-0.4, -0.2) is 11.5 Å². The fourth-order valence-corrected chi connectivity index (χ4v) is 2.41. The van der Waals surface area contributed by atoms with Gasteiger partial charge < -0.3 is 5.32 Å². The number of pyridine rings is 1. The molecular formula is C14H13BrCl2N2. The van der Waals surface area contributed by atoms with Crippen molar-refractivity contribution in [3.05, 3.63) is 62.3 Å². The molecule has 0 saturated heterocycles. The number of nitrogens with one attached hydrogen (secondary N) is 1. The third-order valence-electron chi connectivity index (χ3n) is 2.68. The summed E-state index contributed by atoms with van der Waals surface area (Å²) in [5, 5.41) is 4.73. The molecule has 0 aliphatic carbocycles. The van der Waals surface area contributed by atoms with E-state index in [2.05, 4.69) is 26.2 Å². The molecule has 5 heteroatoms. The number of aromatic nitrogens is 1. The van der Waals surface area contributed by atoms with Crippen LogP contribution < -0.4 is 5.32 Å². The van der Waals surface area contributed by atoms with Crippen molar-refractivity contribution in [3.63, 3.8) is 0 Å². The first-order valence-electron chi connectivity index (χ1n) is 5.90. The molecule has 0 aliphatic rings. The highest BCUT2D eigenvalue weighted by Gasteiger charge is 2.01. The number of nitrogens with zero attached hydrogens (tertiary/aromatic N) is 1. The minimum absolute atomic E-state index is 0.667. The van der Waals surface area contributed by atoms with Crippen LogP contribution in [0.1, 0.15) is 11.3 Å². The van der Waals surface area contributed by atoms with E-state index in [0.29, 0.717) is 5.02 Å². The average molecular weight is 360 g/mol. The van der Waals surface area contributed by atoms with Crippen molar-refractivity contribution in [1.82, 2.24) is 10.3 Å². The molecular weight excluding hydrogens is 347 g/mol. The Hall–Kier alpha value is -0.610. The van der Waals surface area contributed by atoms with Crippen LogP contribution in [0.15, 0.2) is 41.0 Å². The highest BCUT2D eigenvalue weighted by atomic mass is 79.9. The molecule has 0 bridgehead atoms. The second-order valence-electron chi connectivity index (χ2n) is 4.13. The second-order valence-corrected chi connectivity index (χ2v) is 5.89. The van der Waals surface area contributed by atoms with E-state index < -0.39 is 0 Å². The molecule has 1 heterocycles. The summed E-state index contributed by atoms with van der Waals surface area (Å²) in [6, 6.07) is 9.57. The lowest BCUT2D eigenvalue weighted by atomic mass is 10.1. The van der Waals surface area contributed by atoms with E-state index in [-0.39, 0.29) is 0 Å². The van der Waals surface area contributed by atoms with Crippen LogP contribution >= 0.6 is 39.1 Å². The Balaban J connectivity index is 1.79. The molecule has 0 spiro atoms. The van der Waals surface area contributed by atoms with Crippen LogP contribution in [0.3, 0.4) is 0 Å². The topological polar surface area (TPSA) is 24.9 Å². The van der Waals surface area contributed by atoms with Crippen molar-refractivity contribution in [2.24, 2.45) is 0 Å². The molecule has 0 aliphatic heterocycles. The number of hydrogen-bond acceptors (Lipinski definition) is 2. The van der Waals surface area contributed by atoms with Gasteiger partial charge in [0.15, 0.2) is 0 Å². The van der Waals surface area contributed by atoms with E-state index >= 15 is 0 Å². The van der Waals surface area contributed by atoms with Crippen molar-refractivity contribution < 1.29 is 0 Å². The van der Waals surface area contributed by atoms with Gasteiger partial charge in [0.2, 0.25) is 0 Å². The summed E-state index contributed by atoms with van der Waals surface area (Å²) < 4.78 is 0.990. The zero-order chi connectivity index (χ0) is 13.7. The van der Waals surface area contributed by atoms with Crippen LogP contribution in [0.25, 0.3) is 0 Å². The highest BCUT2D eigenvalue weighted by Crippen LogP contribution is 2.21. The molecule has 0 fully saturated rings. The molecule has 2 nitrogen and oxygen atoms in total. The van der Waals surface area contributed by atoms with Gasteiger partial charge in [-0.3, -0.25) is 4.98 Å². The molecule has 0 unspecified atom stereocenters. The van der Waals surface area contributed by atoms with Gasteiger partial charge in [0.05, 0.1) is 5.69 Å². The van der Waals surface area contributed by atoms with E-state index in [0.717, 1.165) is 40.3 Å². The van der Waals surface area contributed by atoms with Gasteiger partial charge in [0, 0.05) is 27.3 Å². The smallest absolute Gasteiger partial charge is 0.0542 e. The predicted molar refractivity (Wildman–Crippen MR) is 83.8 cm³/mol. The van der Waals surface area contributed by atoms with Gasteiger partial charge in [-0.2, -0.15) is 0 Å². The molecule has 0 amide bonds. The molecule has 0 radical (unpaired) electrons. The second kappa shape index (κ2) is 7.25. The third-order valence-corrected chi connectivity index (χ3v) is 3.74. The molecule has 0 atom stereocenters. The van der Waals surface area contributed by atoms with Crippen molar-refractivity contribution in [2.45, 2.75) is 13.0 Å². The summed E-state index contributed by atoms with van der Waals surface area (Å²) in [5.74, 6) is 0. The molecule has 100 valence electrons. The van der Waals surface area contributed by atoms with Gasteiger partial charge in [0.25, 0.3) is 0 Å². The Morgan fingerprint density at radius 1 is 1.16 bits per heavy atom. The lowest BCUT2D eigenvalue weighted by Gasteiger charge is -2.06. The molecule has 0 saturated carbocycles. The Morgan fingerprint density at radius 3 is 2.68 bits per heavy atom. The Labute approximate surface area is 131 Å². The maximum absolute atomic E-state index is 6.11. The largest absolute Gasteiger partial charge is 0.311 e. The number of benzene rings is 1. The molecule has 19 heavy (non-hydrogen) atoms. The molecule has 1 aromatic heterocycles. The van der Waals surface area contributed by atoms with Crippen LogP contribution in [-0.2, 0) is 13.0 Å². The standard InChI is InChI=1S/C14H13BrCl2N2/c15-11-2-4-13(19-8-11)9-18-6-5-10-1-3-12(16)7-14(10)17/h1-4,7-8,18H,5-6,9H2. The number of hydrogen-bond donors (Lipinski definition) is 1. The zero-order valence-electron chi connectivity index (χ0n) is 10.2. The summed E-state index contributed by atoms with van der Waals surface area (Å²) in [4.78, 5) is 4.30. The number of halogens is 3. The lowest BCUT2D eigenvalue weighted by molar-refractivity contribution is 0.674. The molecule has 2 aromatic rings. The first kappa shape index (κ1) is 14.8. The third kappa shape index (κ3) is 4.77. The van der Waals surface area contributed by atoms with E-state index in [9.17, 15) is 0 Å². The van der Waals surface area contributed by atoms with Crippen LogP contribution in [0.2, 0.25) is 10.0 Å². The quantitative estimate of drug-likeness (QED) is 0.796. The van der Waals surface area contributed by atoms with E-state index in [1.165, 1.54) is 0 Å². The first-order valence-corrected chi connectivity index (χ1v) is 7.45. The highest BCUT2D eigenvalue weighted by molar-refractivity contribution is 9.10. The van der Waals surface area contributed by atoms with Gasteiger partial charge in [-0.25, -0.2) is 0 Å². The molecule has 1 aromatic carbocycles. The lowest BCUT2D eigenvalue weighted by Crippen LogP contribution is -2.17. The summed E-state index contributed by atoms with van der Waals surface area (Å²) in [5.41, 5.74) is 2.12. The fraction of sp³-hybridized carbons (Fsp3) is 0.214. The van der Waals surface area contributed by atoms with Gasteiger partial charge in [0.1, 0.15) is 0 Å². The Bertz CT molecular complexity index is 544. The van der Waals surface area contributed by atoms with Gasteiger partial charge in [-0.05, 0) is 58.7 Å². The maximum atomic E-state index is 6.11. The fourth-order valence-electron chi connectivity index (χ4n) is 1.67. The minimum atomic E-state index is 0.667. The van der Waals surface area contributed by atoms with Crippen molar-refractivity contribution >= 4 is 39.1 Å². The minimum Gasteiger partial charge on any atom is -0.311 e. The predicted octanol–water partition coefficient (Wildman–Crippen LogP) is 4.48. The monoisotopic (exact) mass is 358 g/mol. The van der Waals surface area contributed by atoms with E-state index in [1.54, 1.807) is 12.3 Å². The van der Waals surface area contributed by atoms with Crippen molar-refractivity contribution in [3.8, 4) is 0 Å². The zero-order valence-corrected chi connectivity index (χ0v) is 13.3. The van der Waals surface area contributed by atoms with E-state index in [4.69, 9.17) is 23.2 Å². The maximum Gasteiger partial charge on any atom is 0.0542 e. The average Bonchev–Trinajstić information content (AvgIpc) is 2.39.